The zero-order valence-electron chi connectivity index (χ0n) is 21.1. The lowest BCUT2D eigenvalue weighted by atomic mass is 9.52. The van der Waals surface area contributed by atoms with E-state index >= 15 is 0 Å². The molecule has 1 spiro atoms. The van der Waals surface area contributed by atoms with Crippen molar-refractivity contribution in [2.75, 3.05) is 6.54 Å². The maximum Gasteiger partial charge on any atom is 0.0765 e. The van der Waals surface area contributed by atoms with Crippen LogP contribution < -0.4 is 5.32 Å². The number of nitrogens with one attached hydrogen (secondary N) is 1. The Balaban J connectivity index is 0.000000994. The average molecular weight is 428 g/mol. The molecule has 0 aromatic heterocycles. The van der Waals surface area contributed by atoms with Gasteiger partial charge in [0.25, 0.3) is 0 Å². The minimum atomic E-state index is 0.121. The summed E-state index contributed by atoms with van der Waals surface area (Å²) in [4.78, 5) is 0. The summed E-state index contributed by atoms with van der Waals surface area (Å²) in [5, 5.41) is 3.83. The van der Waals surface area contributed by atoms with Crippen LogP contribution in [0.15, 0.2) is 11.1 Å². The topological polar surface area (TPSA) is 21.3 Å². The number of hydrogen-bond acceptors (Lipinski definition) is 2. The highest BCUT2D eigenvalue weighted by atomic mass is 16.5. The highest BCUT2D eigenvalue weighted by Gasteiger charge is 2.58. The van der Waals surface area contributed by atoms with Gasteiger partial charge in [0.1, 0.15) is 0 Å². The fraction of sp³-hybridized carbons (Fsp3) is 0.931. The predicted octanol–water partition coefficient (Wildman–Crippen LogP) is 7.28. The second-order valence-electron chi connectivity index (χ2n) is 12.3. The molecule has 31 heavy (non-hydrogen) atoms. The van der Waals surface area contributed by atoms with Gasteiger partial charge >= 0.3 is 0 Å². The van der Waals surface area contributed by atoms with Gasteiger partial charge in [0.15, 0.2) is 0 Å². The molecule has 6 aliphatic rings. The number of rotatable bonds is 0. The molecule has 176 valence electrons. The molecule has 5 fully saturated rings. The Morgan fingerprint density at radius 3 is 2.61 bits per heavy atom. The van der Waals surface area contributed by atoms with E-state index < -0.39 is 0 Å². The summed E-state index contributed by atoms with van der Waals surface area (Å²) in [5.74, 6) is 4.53. The Labute approximate surface area is 192 Å². The van der Waals surface area contributed by atoms with Crippen LogP contribution in [0.25, 0.3) is 0 Å². The van der Waals surface area contributed by atoms with Crippen LogP contribution in [0.2, 0.25) is 0 Å². The number of fused-ring (bicyclic) bond motifs is 6. The first-order valence-corrected chi connectivity index (χ1v) is 14.1. The molecule has 1 N–H and O–H groups in total. The Kier molecular flexibility index (Phi) is 6.13. The summed E-state index contributed by atoms with van der Waals surface area (Å²) in [7, 11) is 0. The molecule has 0 amide bonds. The van der Waals surface area contributed by atoms with E-state index in [0.29, 0.717) is 23.5 Å². The monoisotopic (exact) mass is 427 g/mol. The van der Waals surface area contributed by atoms with E-state index in [1.807, 2.05) is 19.4 Å². The Hall–Kier alpha value is -0.340. The molecule has 2 heterocycles. The minimum Gasteiger partial charge on any atom is -0.369 e. The maximum atomic E-state index is 6.97. The Bertz CT molecular complexity index is 699. The quantitative estimate of drug-likeness (QED) is 0.410. The lowest BCUT2D eigenvalue weighted by Gasteiger charge is -2.52. The molecule has 2 nitrogen and oxygen atoms in total. The van der Waals surface area contributed by atoms with Crippen LogP contribution >= 0.6 is 0 Å². The van der Waals surface area contributed by atoms with E-state index in [1.165, 1.54) is 83.6 Å². The van der Waals surface area contributed by atoms with Crippen LogP contribution in [0, 0.1) is 35.0 Å². The molecule has 4 aliphatic carbocycles. The largest absolute Gasteiger partial charge is 0.369 e. The molecule has 2 aliphatic heterocycles. The smallest absolute Gasteiger partial charge is 0.0765 e. The highest BCUT2D eigenvalue weighted by Crippen LogP contribution is 2.65. The van der Waals surface area contributed by atoms with E-state index in [1.54, 1.807) is 5.57 Å². The van der Waals surface area contributed by atoms with Gasteiger partial charge in [-0.25, -0.2) is 0 Å². The van der Waals surface area contributed by atoms with Gasteiger partial charge in [-0.15, -0.1) is 0 Å². The third-order valence-corrected chi connectivity index (χ3v) is 11.3. The maximum absolute atomic E-state index is 6.97. The predicted molar refractivity (Wildman–Crippen MR) is 130 cm³/mol. The Morgan fingerprint density at radius 2 is 1.81 bits per heavy atom. The van der Waals surface area contributed by atoms with Gasteiger partial charge in [0.05, 0.1) is 11.7 Å². The summed E-state index contributed by atoms with van der Waals surface area (Å²) >= 11 is 0. The van der Waals surface area contributed by atoms with Crippen molar-refractivity contribution in [3.8, 4) is 0 Å². The summed E-state index contributed by atoms with van der Waals surface area (Å²) in [6.07, 6.45) is 17.4. The number of allylic oxidation sites excluding steroid dienone is 1. The number of ether oxygens (including phenoxy) is 1. The van der Waals surface area contributed by atoms with Crippen LogP contribution in [0.4, 0.5) is 0 Å². The fourth-order valence-electron chi connectivity index (χ4n) is 9.66. The first-order chi connectivity index (χ1) is 15.0. The number of hydrogen-bond donors (Lipinski definition) is 1. The van der Waals surface area contributed by atoms with Crippen molar-refractivity contribution < 1.29 is 4.74 Å². The van der Waals surface area contributed by atoms with E-state index in [0.717, 1.165) is 23.7 Å². The molecule has 2 saturated heterocycles. The molecule has 0 aromatic rings. The lowest BCUT2D eigenvalue weighted by Crippen LogP contribution is -2.46. The van der Waals surface area contributed by atoms with Gasteiger partial charge in [0, 0.05) is 12.0 Å². The molecule has 0 aromatic carbocycles. The molecular weight excluding hydrogens is 378 g/mol. The molecular formula is C29H49NO. The van der Waals surface area contributed by atoms with Gasteiger partial charge in [-0.2, -0.15) is 0 Å². The van der Waals surface area contributed by atoms with E-state index in [4.69, 9.17) is 4.74 Å². The SMILES string of the molecule is CC.CC1=C2CC3C(CCC4CCCCC43C)C2CCC2(C1)OC1CCCNC1C2C. The van der Waals surface area contributed by atoms with E-state index in [2.05, 4.69) is 26.1 Å². The zero-order valence-corrected chi connectivity index (χ0v) is 21.1. The van der Waals surface area contributed by atoms with Crippen molar-refractivity contribution in [3.63, 3.8) is 0 Å². The van der Waals surface area contributed by atoms with Gasteiger partial charge in [-0.1, -0.05) is 51.7 Å². The average Bonchev–Trinajstić information content (AvgIpc) is 3.26. The highest BCUT2D eigenvalue weighted by molar-refractivity contribution is 5.29. The van der Waals surface area contributed by atoms with Crippen molar-refractivity contribution in [1.82, 2.24) is 5.32 Å². The van der Waals surface area contributed by atoms with Crippen molar-refractivity contribution >= 4 is 0 Å². The normalized spacial score (nSPS) is 51.2. The third kappa shape index (κ3) is 3.40. The second-order valence-corrected chi connectivity index (χ2v) is 12.3. The second kappa shape index (κ2) is 8.46. The molecule has 9 atom stereocenters. The molecule has 9 unspecified atom stereocenters. The van der Waals surface area contributed by atoms with Gasteiger partial charge in [-0.3, -0.25) is 0 Å². The minimum absolute atomic E-state index is 0.121. The zero-order chi connectivity index (χ0) is 21.8. The van der Waals surface area contributed by atoms with Crippen LogP contribution in [-0.2, 0) is 4.74 Å². The van der Waals surface area contributed by atoms with E-state index in [9.17, 15) is 0 Å². The summed E-state index contributed by atoms with van der Waals surface area (Å²) in [6.45, 7) is 12.9. The number of piperidine rings is 1. The molecule has 6 rings (SSSR count). The fourth-order valence-corrected chi connectivity index (χ4v) is 9.66. The van der Waals surface area contributed by atoms with Gasteiger partial charge in [0.2, 0.25) is 0 Å². The molecule has 0 bridgehead atoms. The van der Waals surface area contributed by atoms with Crippen molar-refractivity contribution in [3.05, 3.63) is 11.1 Å². The van der Waals surface area contributed by atoms with Crippen molar-refractivity contribution in [2.24, 2.45) is 35.0 Å². The first-order valence-electron chi connectivity index (χ1n) is 14.1. The van der Waals surface area contributed by atoms with Gasteiger partial charge < -0.3 is 10.1 Å². The standard InChI is InChI=1S/C27H43NO.C2H6/c1-17-16-27(18(2)25-24(29-27)8-6-14-28-25)13-11-20-21-10-9-19-7-4-5-12-26(19,3)23(21)15-22(17)20;1-2/h18-21,23-25,28H,4-16H2,1-3H3;1-2H3. The Morgan fingerprint density at radius 1 is 0.968 bits per heavy atom. The van der Waals surface area contributed by atoms with Crippen LogP contribution in [0.3, 0.4) is 0 Å². The lowest BCUT2D eigenvalue weighted by molar-refractivity contribution is -0.0707. The first kappa shape index (κ1) is 22.5. The molecule has 0 radical (unpaired) electrons. The molecule has 2 heteroatoms. The molecule has 3 saturated carbocycles. The van der Waals surface area contributed by atoms with Crippen molar-refractivity contribution in [2.45, 2.75) is 129 Å². The summed E-state index contributed by atoms with van der Waals surface area (Å²) in [5.41, 5.74) is 4.41. The van der Waals surface area contributed by atoms with Crippen LogP contribution in [0.5, 0.6) is 0 Å². The summed E-state index contributed by atoms with van der Waals surface area (Å²) in [6, 6.07) is 0.601. The van der Waals surface area contributed by atoms with Gasteiger partial charge in [-0.05, 0) is 107 Å². The van der Waals surface area contributed by atoms with Crippen LogP contribution in [-0.4, -0.2) is 24.3 Å². The van der Waals surface area contributed by atoms with E-state index in [-0.39, 0.29) is 5.60 Å². The van der Waals surface area contributed by atoms with Crippen LogP contribution in [0.1, 0.15) is 112 Å². The third-order valence-electron chi connectivity index (χ3n) is 11.3. The summed E-state index contributed by atoms with van der Waals surface area (Å²) < 4.78 is 6.97. The van der Waals surface area contributed by atoms with Crippen molar-refractivity contribution in [1.29, 1.82) is 0 Å².